The molecular formula is C16H21ClN2. The molecule has 3 heteroatoms. The van der Waals surface area contributed by atoms with Crippen molar-refractivity contribution in [3.8, 4) is 0 Å². The molecule has 1 fully saturated rings. The van der Waals surface area contributed by atoms with Crippen LogP contribution in [0.5, 0.6) is 0 Å². The number of hydrogen-bond donors (Lipinski definition) is 1. The minimum Gasteiger partial charge on any atom is -0.347 e. The van der Waals surface area contributed by atoms with Crippen molar-refractivity contribution in [1.82, 2.24) is 9.88 Å². The van der Waals surface area contributed by atoms with Gasteiger partial charge in [0.1, 0.15) is 0 Å². The molecule has 1 N–H and O–H groups in total. The molecule has 102 valence electrons. The number of nitrogens with one attached hydrogen (secondary N) is 1. The smallest absolute Gasteiger partial charge is 0.0482 e. The van der Waals surface area contributed by atoms with Crippen molar-refractivity contribution < 1.29 is 0 Å². The summed E-state index contributed by atoms with van der Waals surface area (Å²) in [7, 11) is 2.26. The number of rotatable bonds is 0. The molecule has 19 heavy (non-hydrogen) atoms. The predicted octanol–water partition coefficient (Wildman–Crippen LogP) is 3.17. The topological polar surface area (TPSA) is 17.0 Å². The van der Waals surface area contributed by atoms with Gasteiger partial charge in [-0.2, -0.15) is 0 Å². The summed E-state index contributed by atoms with van der Waals surface area (Å²) in [6.45, 7) is 2.36. The highest BCUT2D eigenvalue weighted by Crippen LogP contribution is 2.48. The summed E-state index contributed by atoms with van der Waals surface area (Å²) >= 11 is 0. The molecule has 0 atom stereocenters. The number of benzene rings is 1. The maximum absolute atomic E-state index is 3.51. The summed E-state index contributed by atoms with van der Waals surface area (Å²) in [5.41, 5.74) is 5.16. The number of aromatic nitrogens is 1. The highest BCUT2D eigenvalue weighted by molar-refractivity contribution is 5.86. The first kappa shape index (κ1) is 13.0. The molecule has 1 aromatic heterocycles. The average molecular weight is 277 g/mol. The number of nitrogens with zero attached hydrogens (tertiary/aromatic N) is 1. The van der Waals surface area contributed by atoms with Crippen molar-refractivity contribution >= 4 is 23.3 Å². The lowest BCUT2D eigenvalue weighted by atomic mass is 9.76. The van der Waals surface area contributed by atoms with Gasteiger partial charge < -0.3 is 9.88 Å². The summed E-state index contributed by atoms with van der Waals surface area (Å²) in [6, 6.07) is 8.90. The van der Waals surface area contributed by atoms with Gasteiger partial charge >= 0.3 is 0 Å². The largest absolute Gasteiger partial charge is 0.347 e. The van der Waals surface area contributed by atoms with E-state index >= 15 is 0 Å². The van der Waals surface area contributed by atoms with Crippen LogP contribution in [0.1, 0.15) is 30.5 Å². The second-order valence-corrected chi connectivity index (χ2v) is 5.93. The summed E-state index contributed by atoms with van der Waals surface area (Å²) in [5.74, 6) is 0. The van der Waals surface area contributed by atoms with Crippen molar-refractivity contribution in [3.63, 3.8) is 0 Å². The van der Waals surface area contributed by atoms with Gasteiger partial charge in [-0.3, -0.25) is 0 Å². The van der Waals surface area contributed by atoms with Crippen LogP contribution in [0.2, 0.25) is 0 Å². The van der Waals surface area contributed by atoms with Crippen LogP contribution in [-0.4, -0.2) is 17.7 Å². The Morgan fingerprint density at radius 1 is 1.11 bits per heavy atom. The third-order valence-electron chi connectivity index (χ3n) is 5.13. The van der Waals surface area contributed by atoms with Gasteiger partial charge in [0.25, 0.3) is 0 Å². The molecule has 2 aliphatic rings. The Labute approximate surface area is 120 Å². The monoisotopic (exact) mass is 276 g/mol. The van der Waals surface area contributed by atoms with Gasteiger partial charge in [-0.25, -0.2) is 0 Å². The number of fused-ring (bicyclic) bond motifs is 4. The van der Waals surface area contributed by atoms with E-state index in [1.807, 2.05) is 0 Å². The molecule has 0 unspecified atom stereocenters. The summed E-state index contributed by atoms with van der Waals surface area (Å²) in [5, 5.41) is 5.00. The summed E-state index contributed by atoms with van der Waals surface area (Å²) < 4.78 is 2.48. The van der Waals surface area contributed by atoms with E-state index in [2.05, 4.69) is 41.2 Å². The second kappa shape index (κ2) is 4.53. The molecule has 1 saturated heterocycles. The normalized spacial score (nSPS) is 20.5. The Morgan fingerprint density at radius 3 is 2.63 bits per heavy atom. The zero-order chi connectivity index (χ0) is 12.2. The first-order valence-electron chi connectivity index (χ1n) is 7.09. The molecule has 2 aromatic rings. The molecule has 0 amide bonds. The lowest BCUT2D eigenvalue weighted by Crippen LogP contribution is -2.39. The van der Waals surface area contributed by atoms with E-state index in [4.69, 9.17) is 0 Å². The zero-order valence-electron chi connectivity index (χ0n) is 11.4. The first-order valence-corrected chi connectivity index (χ1v) is 7.09. The van der Waals surface area contributed by atoms with Crippen molar-refractivity contribution in [2.75, 3.05) is 13.1 Å². The van der Waals surface area contributed by atoms with Crippen LogP contribution < -0.4 is 5.32 Å². The molecule has 1 spiro atoms. The van der Waals surface area contributed by atoms with Crippen molar-refractivity contribution in [2.24, 2.45) is 7.05 Å². The van der Waals surface area contributed by atoms with Crippen molar-refractivity contribution in [3.05, 3.63) is 35.5 Å². The minimum atomic E-state index is 0. The Hall–Kier alpha value is -0.990. The number of hydrogen-bond acceptors (Lipinski definition) is 1. The lowest BCUT2D eigenvalue weighted by Gasteiger charge is -2.35. The van der Waals surface area contributed by atoms with Crippen LogP contribution in [0.3, 0.4) is 0 Å². The van der Waals surface area contributed by atoms with E-state index in [-0.39, 0.29) is 12.4 Å². The van der Waals surface area contributed by atoms with E-state index in [1.54, 1.807) is 11.3 Å². The highest BCUT2D eigenvalue weighted by Gasteiger charge is 2.42. The van der Waals surface area contributed by atoms with Crippen LogP contribution in [0, 0.1) is 0 Å². The van der Waals surface area contributed by atoms with Crippen molar-refractivity contribution in [1.29, 1.82) is 0 Å². The molecule has 0 saturated carbocycles. The molecule has 1 aliphatic carbocycles. The third kappa shape index (κ3) is 1.66. The Balaban J connectivity index is 0.00000110. The molecular weight excluding hydrogens is 256 g/mol. The number of aryl methyl sites for hydroxylation is 2. The van der Waals surface area contributed by atoms with Crippen molar-refractivity contribution in [2.45, 2.75) is 31.1 Å². The Bertz CT molecular complexity index is 608. The standard InChI is InChI=1S/C16H20N2.ClH/c1-18-14-5-3-2-4-12(14)13-6-7-16(15(13)18)8-10-17-11-9-16;/h2-5,17H,6-11H2,1H3;1H. The van der Waals surface area contributed by atoms with Crippen LogP contribution in [0.15, 0.2) is 24.3 Å². The van der Waals surface area contributed by atoms with E-state index in [0.29, 0.717) is 5.41 Å². The first-order chi connectivity index (χ1) is 8.82. The van der Waals surface area contributed by atoms with Crippen LogP contribution in [-0.2, 0) is 18.9 Å². The molecule has 1 aromatic carbocycles. The summed E-state index contributed by atoms with van der Waals surface area (Å²) in [4.78, 5) is 0. The van der Waals surface area contributed by atoms with Crippen LogP contribution >= 0.6 is 12.4 Å². The van der Waals surface area contributed by atoms with Gasteiger partial charge in [0.2, 0.25) is 0 Å². The van der Waals surface area contributed by atoms with E-state index in [1.165, 1.54) is 49.7 Å². The molecule has 4 rings (SSSR count). The van der Waals surface area contributed by atoms with Gasteiger partial charge in [-0.15, -0.1) is 12.4 Å². The molecule has 2 heterocycles. The summed E-state index contributed by atoms with van der Waals surface area (Å²) in [6.07, 6.45) is 5.25. The van der Waals surface area contributed by atoms with Crippen LogP contribution in [0.4, 0.5) is 0 Å². The zero-order valence-corrected chi connectivity index (χ0v) is 12.2. The number of para-hydroxylation sites is 1. The van der Waals surface area contributed by atoms with Crippen LogP contribution in [0.25, 0.3) is 10.9 Å². The Morgan fingerprint density at radius 2 is 1.84 bits per heavy atom. The fourth-order valence-electron chi connectivity index (χ4n) is 4.28. The fraction of sp³-hybridized carbons (Fsp3) is 0.500. The Kier molecular flexibility index (Phi) is 3.11. The highest BCUT2D eigenvalue weighted by atomic mass is 35.5. The molecule has 1 aliphatic heterocycles. The molecule has 0 bridgehead atoms. The van der Waals surface area contributed by atoms with Gasteiger partial charge in [0.15, 0.2) is 0 Å². The molecule has 2 nitrogen and oxygen atoms in total. The minimum absolute atomic E-state index is 0. The van der Waals surface area contributed by atoms with E-state index < -0.39 is 0 Å². The fourth-order valence-corrected chi connectivity index (χ4v) is 4.28. The number of halogens is 1. The second-order valence-electron chi connectivity index (χ2n) is 5.93. The van der Waals surface area contributed by atoms with E-state index in [0.717, 1.165) is 0 Å². The lowest BCUT2D eigenvalue weighted by molar-refractivity contribution is 0.295. The van der Waals surface area contributed by atoms with Gasteiger partial charge in [-0.05, 0) is 50.4 Å². The van der Waals surface area contributed by atoms with E-state index in [9.17, 15) is 0 Å². The SMILES string of the molecule is Cl.Cn1c2c(c3ccccc31)CCC21CCNCC1. The van der Waals surface area contributed by atoms with Gasteiger partial charge in [0.05, 0.1) is 0 Å². The van der Waals surface area contributed by atoms with Gasteiger partial charge in [0, 0.05) is 29.1 Å². The quantitative estimate of drug-likeness (QED) is 0.782. The maximum atomic E-state index is 3.51. The number of piperidine rings is 1. The predicted molar refractivity (Wildman–Crippen MR) is 82.3 cm³/mol. The van der Waals surface area contributed by atoms with Gasteiger partial charge in [-0.1, -0.05) is 18.2 Å². The maximum Gasteiger partial charge on any atom is 0.0482 e. The molecule has 0 radical (unpaired) electrons. The third-order valence-corrected chi connectivity index (χ3v) is 5.13. The average Bonchev–Trinajstić information content (AvgIpc) is 2.91.